The van der Waals surface area contributed by atoms with Gasteiger partial charge in [-0.15, -0.1) is 0 Å². The van der Waals surface area contributed by atoms with E-state index in [-0.39, 0.29) is 5.97 Å². The Hall–Kier alpha value is -1.86. The van der Waals surface area contributed by atoms with Crippen molar-refractivity contribution in [2.24, 2.45) is 5.41 Å². The second-order valence-corrected chi connectivity index (χ2v) is 6.58. The van der Waals surface area contributed by atoms with E-state index in [9.17, 15) is 9.90 Å². The SMILES string of the molecule is COC(=O)C1(C(O)c2cc(OC)cc3sc(N)nc23)CCC1. The summed E-state index contributed by atoms with van der Waals surface area (Å²) in [7, 11) is 2.90. The van der Waals surface area contributed by atoms with Crippen LogP contribution in [0.1, 0.15) is 30.9 Å². The summed E-state index contributed by atoms with van der Waals surface area (Å²) in [6, 6.07) is 3.54. The fourth-order valence-corrected chi connectivity index (χ4v) is 3.82. The summed E-state index contributed by atoms with van der Waals surface area (Å²) < 4.78 is 11.0. The first kappa shape index (κ1) is 15.1. The molecule has 3 rings (SSSR count). The molecule has 0 saturated heterocycles. The Labute approximate surface area is 131 Å². The third-order valence-corrected chi connectivity index (χ3v) is 5.24. The van der Waals surface area contributed by atoms with Crippen LogP contribution >= 0.6 is 11.3 Å². The number of nitrogen functional groups attached to an aromatic ring is 1. The Balaban J connectivity index is 2.13. The molecule has 1 fully saturated rings. The molecule has 0 amide bonds. The van der Waals surface area contributed by atoms with Gasteiger partial charge in [-0.2, -0.15) is 0 Å². The molecular formula is C15H18N2O4S. The van der Waals surface area contributed by atoms with Gasteiger partial charge in [-0.3, -0.25) is 4.79 Å². The van der Waals surface area contributed by atoms with E-state index in [0.717, 1.165) is 11.1 Å². The molecule has 0 spiro atoms. The predicted octanol–water partition coefficient (Wildman–Crippen LogP) is 2.26. The number of anilines is 1. The molecule has 1 atom stereocenters. The molecule has 1 unspecified atom stereocenters. The molecule has 0 bridgehead atoms. The van der Waals surface area contributed by atoms with Crippen molar-refractivity contribution in [2.45, 2.75) is 25.4 Å². The highest BCUT2D eigenvalue weighted by Crippen LogP contribution is 2.52. The molecule has 22 heavy (non-hydrogen) atoms. The van der Waals surface area contributed by atoms with E-state index in [1.807, 2.05) is 6.07 Å². The molecule has 0 radical (unpaired) electrons. The maximum absolute atomic E-state index is 12.2. The molecule has 2 aromatic rings. The van der Waals surface area contributed by atoms with E-state index in [2.05, 4.69) is 4.98 Å². The number of thiazole rings is 1. The molecule has 1 aliphatic rings. The smallest absolute Gasteiger partial charge is 0.314 e. The standard InChI is InChI=1S/C15H18N2O4S/c1-20-8-6-9(11-10(7-8)22-14(16)17-11)12(18)15(4-3-5-15)13(19)21-2/h6-7,12,18H,3-5H2,1-2H3,(H2,16,17). The van der Waals surface area contributed by atoms with E-state index in [0.29, 0.717) is 34.8 Å². The number of nitrogens with two attached hydrogens (primary N) is 1. The highest BCUT2D eigenvalue weighted by molar-refractivity contribution is 7.22. The van der Waals surface area contributed by atoms with Crippen LogP contribution in [0.4, 0.5) is 5.13 Å². The number of nitrogens with zero attached hydrogens (tertiary/aromatic N) is 1. The Bertz CT molecular complexity index is 724. The van der Waals surface area contributed by atoms with Gasteiger partial charge in [0.25, 0.3) is 0 Å². The number of fused-ring (bicyclic) bond motifs is 1. The number of benzene rings is 1. The van der Waals surface area contributed by atoms with Crippen LogP contribution in [-0.4, -0.2) is 30.3 Å². The van der Waals surface area contributed by atoms with Gasteiger partial charge in [-0.05, 0) is 25.0 Å². The van der Waals surface area contributed by atoms with E-state index >= 15 is 0 Å². The third kappa shape index (κ3) is 2.12. The molecule has 1 aromatic heterocycles. The molecule has 7 heteroatoms. The molecule has 1 saturated carbocycles. The summed E-state index contributed by atoms with van der Waals surface area (Å²) in [5, 5.41) is 11.3. The predicted molar refractivity (Wildman–Crippen MR) is 83.8 cm³/mol. The number of esters is 1. The molecule has 3 N–H and O–H groups in total. The van der Waals surface area contributed by atoms with Crippen LogP contribution < -0.4 is 10.5 Å². The minimum atomic E-state index is -0.993. The Kier molecular flexibility index (Phi) is 3.70. The Morgan fingerprint density at radius 1 is 1.45 bits per heavy atom. The Morgan fingerprint density at radius 3 is 2.73 bits per heavy atom. The first-order chi connectivity index (χ1) is 10.5. The zero-order valence-corrected chi connectivity index (χ0v) is 13.3. The van der Waals surface area contributed by atoms with Gasteiger partial charge in [0.05, 0.1) is 36.0 Å². The van der Waals surface area contributed by atoms with Crippen LogP contribution in [-0.2, 0) is 9.53 Å². The van der Waals surface area contributed by atoms with E-state index in [1.54, 1.807) is 13.2 Å². The lowest BCUT2D eigenvalue weighted by Crippen LogP contribution is -2.44. The molecular weight excluding hydrogens is 304 g/mol. The van der Waals surface area contributed by atoms with Gasteiger partial charge in [-0.25, -0.2) is 4.98 Å². The van der Waals surface area contributed by atoms with Gasteiger partial charge in [0.1, 0.15) is 5.75 Å². The van der Waals surface area contributed by atoms with Crippen molar-refractivity contribution in [1.29, 1.82) is 0 Å². The first-order valence-corrected chi connectivity index (χ1v) is 7.84. The Morgan fingerprint density at radius 2 is 2.18 bits per heavy atom. The second kappa shape index (κ2) is 5.40. The van der Waals surface area contributed by atoms with Crippen molar-refractivity contribution in [1.82, 2.24) is 4.98 Å². The van der Waals surface area contributed by atoms with Crippen LogP contribution in [0.3, 0.4) is 0 Å². The minimum Gasteiger partial charge on any atom is -0.497 e. The molecule has 0 aliphatic heterocycles. The number of aliphatic hydroxyl groups is 1. The number of hydrogen-bond donors (Lipinski definition) is 2. The molecule has 118 valence electrons. The highest BCUT2D eigenvalue weighted by Gasteiger charge is 2.52. The lowest BCUT2D eigenvalue weighted by atomic mass is 9.63. The summed E-state index contributed by atoms with van der Waals surface area (Å²) in [5.74, 6) is 0.218. The van der Waals surface area contributed by atoms with Crippen molar-refractivity contribution >= 4 is 32.7 Å². The highest BCUT2D eigenvalue weighted by atomic mass is 32.1. The number of rotatable bonds is 4. The average Bonchev–Trinajstić information content (AvgIpc) is 2.84. The van der Waals surface area contributed by atoms with Gasteiger partial charge in [0, 0.05) is 5.56 Å². The lowest BCUT2D eigenvalue weighted by Gasteiger charge is -2.42. The van der Waals surface area contributed by atoms with Crippen LogP contribution in [0.25, 0.3) is 10.2 Å². The van der Waals surface area contributed by atoms with Crippen LogP contribution in [0.2, 0.25) is 0 Å². The van der Waals surface area contributed by atoms with Crippen LogP contribution in [0.5, 0.6) is 5.75 Å². The zero-order chi connectivity index (χ0) is 15.9. The summed E-state index contributed by atoms with van der Waals surface area (Å²) in [6.45, 7) is 0. The average molecular weight is 322 g/mol. The maximum Gasteiger partial charge on any atom is 0.314 e. The van der Waals surface area contributed by atoms with Crippen LogP contribution in [0.15, 0.2) is 12.1 Å². The second-order valence-electron chi connectivity index (χ2n) is 5.52. The van der Waals surface area contributed by atoms with Gasteiger partial charge in [0.15, 0.2) is 5.13 Å². The molecule has 1 aliphatic carbocycles. The van der Waals surface area contributed by atoms with Gasteiger partial charge in [-0.1, -0.05) is 17.8 Å². The maximum atomic E-state index is 12.2. The van der Waals surface area contributed by atoms with Crippen molar-refractivity contribution in [2.75, 3.05) is 20.0 Å². The molecule has 1 heterocycles. The third-order valence-electron chi connectivity index (χ3n) is 4.41. The first-order valence-electron chi connectivity index (χ1n) is 7.02. The van der Waals surface area contributed by atoms with Gasteiger partial charge in [0.2, 0.25) is 0 Å². The van der Waals surface area contributed by atoms with Crippen LogP contribution in [0, 0.1) is 5.41 Å². The summed E-state index contributed by atoms with van der Waals surface area (Å²) >= 11 is 1.32. The van der Waals surface area contributed by atoms with Gasteiger partial charge < -0.3 is 20.3 Å². The minimum absolute atomic E-state index is 0.384. The van der Waals surface area contributed by atoms with Crippen molar-refractivity contribution < 1.29 is 19.4 Å². The van der Waals surface area contributed by atoms with Gasteiger partial charge >= 0.3 is 5.97 Å². The fraction of sp³-hybridized carbons (Fsp3) is 0.467. The number of aliphatic hydroxyl groups excluding tert-OH is 1. The van der Waals surface area contributed by atoms with Crippen molar-refractivity contribution in [3.05, 3.63) is 17.7 Å². The van der Waals surface area contributed by atoms with Crippen molar-refractivity contribution in [3.8, 4) is 5.75 Å². The summed E-state index contributed by atoms with van der Waals surface area (Å²) in [4.78, 5) is 16.5. The molecule has 1 aromatic carbocycles. The lowest BCUT2D eigenvalue weighted by molar-refractivity contribution is -0.170. The number of hydrogen-bond acceptors (Lipinski definition) is 7. The number of carbonyl (C=O) groups excluding carboxylic acids is 1. The topological polar surface area (TPSA) is 94.7 Å². The number of methoxy groups -OCH3 is 2. The fourth-order valence-electron chi connectivity index (χ4n) is 3.02. The van der Waals surface area contributed by atoms with E-state index < -0.39 is 11.5 Å². The summed E-state index contributed by atoms with van der Waals surface area (Å²) in [6.07, 6.45) is 1.09. The summed E-state index contributed by atoms with van der Waals surface area (Å²) in [5.41, 5.74) is 6.07. The number of aromatic nitrogens is 1. The van der Waals surface area contributed by atoms with Crippen molar-refractivity contribution in [3.63, 3.8) is 0 Å². The normalized spacial score (nSPS) is 17.8. The van der Waals surface area contributed by atoms with E-state index in [4.69, 9.17) is 15.2 Å². The quantitative estimate of drug-likeness (QED) is 0.839. The largest absolute Gasteiger partial charge is 0.497 e. The monoisotopic (exact) mass is 322 g/mol. The number of carbonyl (C=O) groups is 1. The molecule has 6 nitrogen and oxygen atoms in total. The zero-order valence-electron chi connectivity index (χ0n) is 12.5. The van der Waals surface area contributed by atoms with E-state index in [1.165, 1.54) is 18.4 Å². The number of ether oxygens (including phenoxy) is 2.